The molecule has 0 aliphatic carbocycles. The number of nitrogens with two attached hydrogens (primary N) is 3. The van der Waals surface area contributed by atoms with Crippen LogP contribution in [0.5, 0.6) is 5.75 Å². The van der Waals surface area contributed by atoms with Crippen LogP contribution in [-0.4, -0.2) is 69.9 Å². The molecule has 5 amide bonds. The van der Waals surface area contributed by atoms with E-state index in [4.69, 9.17) is 17.2 Å². The van der Waals surface area contributed by atoms with Gasteiger partial charge in [0, 0.05) is 6.42 Å². The Kier molecular flexibility index (Phi) is 11.3. The van der Waals surface area contributed by atoms with E-state index in [1.165, 1.54) is 24.3 Å². The summed E-state index contributed by atoms with van der Waals surface area (Å²) in [6, 6.07) is 0.253. The first-order chi connectivity index (χ1) is 16.7. The van der Waals surface area contributed by atoms with Crippen molar-refractivity contribution < 1.29 is 39.0 Å². The number of primary amides is 2. The molecule has 4 unspecified atom stereocenters. The average molecular weight is 509 g/mol. The Morgan fingerprint density at radius 1 is 0.806 bits per heavy atom. The number of aliphatic carboxylic acids is 1. The second kappa shape index (κ2) is 13.6. The van der Waals surface area contributed by atoms with Gasteiger partial charge in [0.1, 0.15) is 23.9 Å². The number of phenols is 1. The number of hydrogen-bond donors (Lipinski definition) is 8. The quantitative estimate of drug-likeness (QED) is 0.129. The smallest absolute Gasteiger partial charge is 0.326 e. The van der Waals surface area contributed by atoms with Crippen LogP contribution in [0.3, 0.4) is 0 Å². The van der Waals surface area contributed by atoms with Gasteiger partial charge in [-0.2, -0.15) is 0 Å². The molecule has 1 aromatic rings. The first-order valence-electron chi connectivity index (χ1n) is 10.9. The van der Waals surface area contributed by atoms with Crippen molar-refractivity contribution in [3.8, 4) is 5.75 Å². The monoisotopic (exact) mass is 508 g/mol. The third-order valence-corrected chi connectivity index (χ3v) is 5.03. The zero-order valence-corrected chi connectivity index (χ0v) is 19.9. The molecular formula is C22H32N6O8. The summed E-state index contributed by atoms with van der Waals surface area (Å²) >= 11 is 0. The average Bonchev–Trinajstić information content (AvgIpc) is 2.76. The van der Waals surface area contributed by atoms with Gasteiger partial charge in [-0.1, -0.05) is 26.0 Å². The van der Waals surface area contributed by atoms with E-state index in [0.717, 1.165) is 0 Å². The van der Waals surface area contributed by atoms with Crippen molar-refractivity contribution in [1.29, 1.82) is 0 Å². The molecule has 0 fully saturated rings. The van der Waals surface area contributed by atoms with Gasteiger partial charge in [-0.05, 0) is 23.6 Å². The van der Waals surface area contributed by atoms with Gasteiger partial charge < -0.3 is 43.4 Å². The molecule has 198 valence electrons. The van der Waals surface area contributed by atoms with Crippen LogP contribution in [0.25, 0.3) is 0 Å². The molecule has 0 heterocycles. The zero-order chi connectivity index (χ0) is 27.6. The molecule has 0 aromatic heterocycles. The van der Waals surface area contributed by atoms with Gasteiger partial charge in [-0.3, -0.25) is 24.0 Å². The van der Waals surface area contributed by atoms with Crippen LogP contribution >= 0.6 is 0 Å². The third kappa shape index (κ3) is 9.97. The van der Waals surface area contributed by atoms with E-state index in [1.807, 2.05) is 0 Å². The number of carboxylic acids is 1. The first kappa shape index (κ1) is 29.8. The van der Waals surface area contributed by atoms with Gasteiger partial charge in [-0.15, -0.1) is 0 Å². The van der Waals surface area contributed by atoms with Crippen LogP contribution < -0.4 is 33.2 Å². The summed E-state index contributed by atoms with van der Waals surface area (Å²) in [7, 11) is 0. The van der Waals surface area contributed by atoms with E-state index in [1.54, 1.807) is 13.8 Å². The molecule has 4 atom stereocenters. The molecule has 0 saturated carbocycles. The number of amides is 5. The highest BCUT2D eigenvalue weighted by molar-refractivity contribution is 5.95. The lowest BCUT2D eigenvalue weighted by atomic mass is 10.00. The highest BCUT2D eigenvalue weighted by Crippen LogP contribution is 2.12. The van der Waals surface area contributed by atoms with E-state index in [9.17, 15) is 39.0 Å². The summed E-state index contributed by atoms with van der Waals surface area (Å²) in [5.41, 5.74) is 16.2. The number of nitrogens with one attached hydrogen (secondary N) is 3. The van der Waals surface area contributed by atoms with Crippen molar-refractivity contribution in [3.63, 3.8) is 0 Å². The second-order valence-corrected chi connectivity index (χ2v) is 8.51. The van der Waals surface area contributed by atoms with Crippen molar-refractivity contribution in [2.45, 2.75) is 57.3 Å². The maximum Gasteiger partial charge on any atom is 0.326 e. The van der Waals surface area contributed by atoms with Crippen LogP contribution in [0.2, 0.25) is 0 Å². The van der Waals surface area contributed by atoms with E-state index in [-0.39, 0.29) is 12.2 Å². The minimum absolute atomic E-state index is 0.0360. The fourth-order valence-corrected chi connectivity index (χ4v) is 3.12. The van der Waals surface area contributed by atoms with Crippen molar-refractivity contribution in [2.24, 2.45) is 23.1 Å². The van der Waals surface area contributed by atoms with E-state index < -0.39 is 78.4 Å². The van der Waals surface area contributed by atoms with Crippen molar-refractivity contribution in [3.05, 3.63) is 29.8 Å². The molecule has 36 heavy (non-hydrogen) atoms. The maximum absolute atomic E-state index is 13.1. The lowest BCUT2D eigenvalue weighted by Gasteiger charge is -2.27. The minimum atomic E-state index is -1.64. The van der Waals surface area contributed by atoms with Crippen LogP contribution in [-0.2, 0) is 35.2 Å². The number of carboxylic acid groups (broad SMARTS) is 1. The standard InChI is InChI=1S/C22H32N6O8/c1-10(2)18(28-19(32)13(23)8-16(24)30)21(34)26-14(7-11-3-5-12(29)6-4-11)20(33)27-15(22(35)36)9-17(25)31/h3-6,10,13-15,18,29H,7-9,23H2,1-2H3,(H2,24,30)(H2,25,31)(H,26,34)(H,27,33)(H,28,32)(H,35,36). The number of rotatable bonds is 14. The normalized spacial score (nSPS) is 14.1. The highest BCUT2D eigenvalue weighted by Gasteiger charge is 2.32. The molecule has 0 aliphatic heterocycles. The van der Waals surface area contributed by atoms with Crippen LogP contribution in [0.1, 0.15) is 32.3 Å². The molecule has 1 aromatic carbocycles. The lowest BCUT2D eigenvalue weighted by Crippen LogP contribution is -2.59. The molecule has 11 N–H and O–H groups in total. The Balaban J connectivity index is 3.14. The van der Waals surface area contributed by atoms with E-state index >= 15 is 0 Å². The fraction of sp³-hybridized carbons (Fsp3) is 0.455. The Bertz CT molecular complexity index is 981. The summed E-state index contributed by atoms with van der Waals surface area (Å²) in [5, 5.41) is 25.9. The maximum atomic E-state index is 13.1. The molecule has 0 saturated heterocycles. The predicted molar refractivity (Wildman–Crippen MR) is 126 cm³/mol. The van der Waals surface area contributed by atoms with E-state index in [0.29, 0.717) is 5.56 Å². The molecule has 0 aliphatic rings. The predicted octanol–water partition coefficient (Wildman–Crippen LogP) is -2.79. The van der Waals surface area contributed by atoms with Gasteiger partial charge in [0.2, 0.25) is 29.5 Å². The molecule has 1 rings (SSSR count). The number of carbonyl (C=O) groups excluding carboxylic acids is 5. The summed E-state index contributed by atoms with van der Waals surface area (Å²) in [5.74, 6) is -6.31. The molecule has 14 heteroatoms. The SMILES string of the molecule is CC(C)C(NC(=O)C(N)CC(N)=O)C(=O)NC(Cc1ccc(O)cc1)C(=O)NC(CC(N)=O)C(=O)O. The van der Waals surface area contributed by atoms with Crippen LogP contribution in [0, 0.1) is 5.92 Å². The number of carbonyl (C=O) groups is 6. The Morgan fingerprint density at radius 2 is 1.33 bits per heavy atom. The largest absolute Gasteiger partial charge is 0.508 e. The minimum Gasteiger partial charge on any atom is -0.508 e. The van der Waals surface area contributed by atoms with Crippen molar-refractivity contribution in [1.82, 2.24) is 16.0 Å². The first-order valence-corrected chi connectivity index (χ1v) is 10.9. The number of hydrogen-bond acceptors (Lipinski definition) is 8. The number of phenolic OH excluding ortho intramolecular Hbond substituents is 1. The van der Waals surface area contributed by atoms with Gasteiger partial charge in [0.05, 0.1) is 18.9 Å². The lowest BCUT2D eigenvalue weighted by molar-refractivity contribution is -0.143. The molecule has 0 spiro atoms. The Hall–Kier alpha value is -4.20. The summed E-state index contributed by atoms with van der Waals surface area (Å²) in [4.78, 5) is 72.0. The van der Waals surface area contributed by atoms with Crippen molar-refractivity contribution in [2.75, 3.05) is 0 Å². The summed E-state index contributed by atoms with van der Waals surface area (Å²) in [6.45, 7) is 3.24. The Morgan fingerprint density at radius 3 is 1.81 bits per heavy atom. The van der Waals surface area contributed by atoms with Gasteiger partial charge in [0.25, 0.3) is 0 Å². The number of benzene rings is 1. The summed E-state index contributed by atoms with van der Waals surface area (Å²) in [6.07, 6.45) is -1.25. The topological polar surface area (TPSA) is 257 Å². The van der Waals surface area contributed by atoms with E-state index in [2.05, 4.69) is 16.0 Å². The van der Waals surface area contributed by atoms with Crippen LogP contribution in [0.15, 0.2) is 24.3 Å². The van der Waals surface area contributed by atoms with Crippen LogP contribution in [0.4, 0.5) is 0 Å². The van der Waals surface area contributed by atoms with Crippen molar-refractivity contribution >= 4 is 35.5 Å². The summed E-state index contributed by atoms with van der Waals surface area (Å²) < 4.78 is 0. The Labute approximate surface area is 206 Å². The van der Waals surface area contributed by atoms with Gasteiger partial charge in [-0.25, -0.2) is 4.79 Å². The number of aromatic hydroxyl groups is 1. The highest BCUT2D eigenvalue weighted by atomic mass is 16.4. The zero-order valence-electron chi connectivity index (χ0n) is 19.9. The van der Waals surface area contributed by atoms with Gasteiger partial charge >= 0.3 is 5.97 Å². The fourth-order valence-electron chi connectivity index (χ4n) is 3.12. The molecule has 14 nitrogen and oxygen atoms in total. The third-order valence-electron chi connectivity index (χ3n) is 5.03. The second-order valence-electron chi connectivity index (χ2n) is 8.51. The molecular weight excluding hydrogens is 476 g/mol. The molecule has 0 radical (unpaired) electrons. The molecule has 0 bridgehead atoms. The van der Waals surface area contributed by atoms with Gasteiger partial charge in [0.15, 0.2) is 0 Å².